The van der Waals surface area contributed by atoms with Gasteiger partial charge in [-0.3, -0.25) is 9.69 Å². The first-order valence-electron chi connectivity index (χ1n) is 9.13. The average Bonchev–Trinajstić information content (AvgIpc) is 3.03. The Labute approximate surface area is 158 Å². The van der Waals surface area contributed by atoms with E-state index in [-0.39, 0.29) is 5.91 Å². The minimum atomic E-state index is -0.668. The highest BCUT2D eigenvalue weighted by Crippen LogP contribution is 2.29. The zero-order valence-electron chi connectivity index (χ0n) is 15.1. The quantitative estimate of drug-likeness (QED) is 0.865. The third kappa shape index (κ3) is 3.98. The van der Waals surface area contributed by atoms with Crippen LogP contribution >= 0.6 is 11.5 Å². The first-order chi connectivity index (χ1) is 12.6. The molecule has 1 aliphatic carbocycles. The maximum Gasteiger partial charge on any atom is 0.235 e. The number of nitrogens with one attached hydrogen (secondary N) is 1. The number of nitrogens with zero attached hydrogens (tertiary/aromatic N) is 5. The van der Waals surface area contributed by atoms with Crippen LogP contribution in [0, 0.1) is 29.6 Å². The molecule has 1 aliphatic heterocycles. The standard InChI is InChI=1S/C18H24N6OS/c1-14-15(11-19)17(26-22-14)24-9-7-23(8-10-24)12-16(25)21-18(13-20)5-3-2-4-6-18/h2-10,12H2,1H3,(H,21,25). The molecule has 26 heavy (non-hydrogen) atoms. The van der Waals surface area contributed by atoms with E-state index in [1.54, 1.807) is 0 Å². The van der Waals surface area contributed by atoms with Crippen molar-refractivity contribution in [2.24, 2.45) is 0 Å². The minimum absolute atomic E-state index is 0.0618. The van der Waals surface area contributed by atoms with E-state index in [1.165, 1.54) is 11.5 Å². The Morgan fingerprint density at radius 2 is 1.92 bits per heavy atom. The largest absolute Gasteiger partial charge is 0.359 e. The van der Waals surface area contributed by atoms with Gasteiger partial charge in [-0.05, 0) is 31.3 Å². The van der Waals surface area contributed by atoms with Gasteiger partial charge in [0.25, 0.3) is 0 Å². The van der Waals surface area contributed by atoms with Crippen molar-refractivity contribution in [3.63, 3.8) is 0 Å². The molecule has 1 saturated carbocycles. The highest BCUT2D eigenvalue weighted by Gasteiger charge is 2.34. The maximum atomic E-state index is 12.4. The Hall–Kier alpha value is -2.16. The lowest BCUT2D eigenvalue weighted by atomic mass is 9.83. The highest BCUT2D eigenvalue weighted by molar-refractivity contribution is 7.10. The summed E-state index contributed by atoms with van der Waals surface area (Å²) in [5, 5.41) is 22.7. The fourth-order valence-corrected chi connectivity index (χ4v) is 4.64. The molecule has 0 spiro atoms. The van der Waals surface area contributed by atoms with Crippen LogP contribution in [0.3, 0.4) is 0 Å². The SMILES string of the molecule is Cc1nsc(N2CCN(CC(=O)NC3(C#N)CCCCC3)CC2)c1C#N. The number of nitriles is 2. The summed E-state index contributed by atoms with van der Waals surface area (Å²) in [6, 6.07) is 4.57. The maximum absolute atomic E-state index is 12.4. The summed E-state index contributed by atoms with van der Waals surface area (Å²) in [7, 11) is 0. The fraction of sp³-hybridized carbons (Fsp3) is 0.667. The predicted molar refractivity (Wildman–Crippen MR) is 99.8 cm³/mol. The number of carbonyl (C=O) groups is 1. The molecule has 1 aromatic heterocycles. The van der Waals surface area contributed by atoms with Crippen molar-refractivity contribution in [2.75, 3.05) is 37.6 Å². The topological polar surface area (TPSA) is 96.1 Å². The van der Waals surface area contributed by atoms with Gasteiger partial charge in [0.2, 0.25) is 5.91 Å². The van der Waals surface area contributed by atoms with E-state index in [4.69, 9.17) is 0 Å². The van der Waals surface area contributed by atoms with Gasteiger partial charge in [-0.2, -0.15) is 14.9 Å². The lowest BCUT2D eigenvalue weighted by Gasteiger charge is -2.36. The molecule has 1 amide bonds. The lowest BCUT2D eigenvalue weighted by Crippen LogP contribution is -2.54. The second-order valence-corrected chi connectivity index (χ2v) is 7.88. The van der Waals surface area contributed by atoms with Gasteiger partial charge in [0.1, 0.15) is 22.2 Å². The number of amides is 1. The van der Waals surface area contributed by atoms with Gasteiger partial charge in [-0.1, -0.05) is 19.3 Å². The van der Waals surface area contributed by atoms with E-state index >= 15 is 0 Å². The summed E-state index contributed by atoms with van der Waals surface area (Å²) in [6.07, 6.45) is 4.66. The van der Waals surface area contributed by atoms with Crippen LogP contribution in [0.4, 0.5) is 5.00 Å². The summed E-state index contributed by atoms with van der Waals surface area (Å²) < 4.78 is 4.28. The van der Waals surface area contributed by atoms with Crippen molar-refractivity contribution in [3.05, 3.63) is 11.3 Å². The molecule has 0 radical (unpaired) electrons. The van der Waals surface area contributed by atoms with Crippen LogP contribution in [0.1, 0.15) is 43.4 Å². The summed E-state index contributed by atoms with van der Waals surface area (Å²) in [5.41, 5.74) is 0.775. The van der Waals surface area contributed by atoms with Crippen molar-refractivity contribution in [1.29, 1.82) is 10.5 Å². The number of carbonyl (C=O) groups excluding carboxylic acids is 1. The Morgan fingerprint density at radius 1 is 1.23 bits per heavy atom. The van der Waals surface area contributed by atoms with E-state index in [0.29, 0.717) is 12.1 Å². The van der Waals surface area contributed by atoms with Gasteiger partial charge in [0.15, 0.2) is 0 Å². The summed E-state index contributed by atoms with van der Waals surface area (Å²) in [5.74, 6) is -0.0618. The van der Waals surface area contributed by atoms with Crippen molar-refractivity contribution >= 4 is 22.4 Å². The van der Waals surface area contributed by atoms with E-state index in [9.17, 15) is 15.3 Å². The summed E-state index contributed by atoms with van der Waals surface area (Å²) in [4.78, 5) is 16.7. The van der Waals surface area contributed by atoms with E-state index in [1.807, 2.05) is 6.92 Å². The zero-order chi connectivity index (χ0) is 18.6. The summed E-state index contributed by atoms with van der Waals surface area (Å²) in [6.45, 7) is 5.24. The molecular formula is C18H24N6OS. The average molecular weight is 372 g/mol. The number of aromatic nitrogens is 1. The highest BCUT2D eigenvalue weighted by atomic mass is 32.1. The van der Waals surface area contributed by atoms with Crippen molar-refractivity contribution in [2.45, 2.75) is 44.6 Å². The predicted octanol–water partition coefficient (Wildman–Crippen LogP) is 1.79. The van der Waals surface area contributed by atoms with Gasteiger partial charge in [0, 0.05) is 26.2 Å². The second kappa shape index (κ2) is 8.03. The molecule has 0 bridgehead atoms. The molecule has 0 unspecified atom stereocenters. The molecule has 3 rings (SSSR count). The van der Waals surface area contributed by atoms with Gasteiger partial charge in [-0.15, -0.1) is 0 Å². The fourth-order valence-electron chi connectivity index (χ4n) is 3.74. The normalized spacial score (nSPS) is 20.2. The minimum Gasteiger partial charge on any atom is -0.359 e. The van der Waals surface area contributed by atoms with Crippen LogP contribution in [0.5, 0.6) is 0 Å². The van der Waals surface area contributed by atoms with Crippen LogP contribution in [0.2, 0.25) is 0 Å². The molecule has 1 N–H and O–H groups in total. The summed E-state index contributed by atoms with van der Waals surface area (Å²) >= 11 is 1.37. The van der Waals surface area contributed by atoms with Crippen LogP contribution in [-0.2, 0) is 4.79 Å². The Kier molecular flexibility index (Phi) is 5.75. The van der Waals surface area contributed by atoms with Crippen LogP contribution < -0.4 is 10.2 Å². The Bertz CT molecular complexity index is 732. The first-order valence-corrected chi connectivity index (χ1v) is 9.90. The van der Waals surface area contributed by atoms with E-state index in [0.717, 1.165) is 69.0 Å². The van der Waals surface area contributed by atoms with Gasteiger partial charge < -0.3 is 10.2 Å². The molecule has 7 nitrogen and oxygen atoms in total. The van der Waals surface area contributed by atoms with E-state index < -0.39 is 5.54 Å². The number of hydrogen-bond donors (Lipinski definition) is 1. The number of piperazine rings is 1. The smallest absolute Gasteiger partial charge is 0.235 e. The number of aryl methyl sites for hydroxylation is 1. The van der Waals surface area contributed by atoms with Crippen LogP contribution in [0.25, 0.3) is 0 Å². The molecule has 0 atom stereocenters. The zero-order valence-corrected chi connectivity index (χ0v) is 15.9. The van der Waals surface area contributed by atoms with Gasteiger partial charge in [0.05, 0.1) is 18.3 Å². The van der Waals surface area contributed by atoms with Crippen LogP contribution in [-0.4, -0.2) is 53.4 Å². The van der Waals surface area contributed by atoms with Crippen LogP contribution in [0.15, 0.2) is 0 Å². The lowest BCUT2D eigenvalue weighted by molar-refractivity contribution is -0.124. The molecule has 1 aromatic rings. The molecule has 0 aromatic carbocycles. The molecule has 2 heterocycles. The molecule has 2 aliphatic rings. The van der Waals surface area contributed by atoms with Crippen molar-refractivity contribution < 1.29 is 4.79 Å². The van der Waals surface area contributed by atoms with Crippen molar-refractivity contribution in [3.8, 4) is 12.1 Å². The molecule has 138 valence electrons. The number of anilines is 1. The van der Waals surface area contributed by atoms with Crippen molar-refractivity contribution in [1.82, 2.24) is 14.6 Å². The van der Waals surface area contributed by atoms with Gasteiger partial charge in [-0.25, -0.2) is 0 Å². The Morgan fingerprint density at radius 3 is 2.54 bits per heavy atom. The molecule has 8 heteroatoms. The molecular weight excluding hydrogens is 348 g/mol. The van der Waals surface area contributed by atoms with E-state index in [2.05, 4.69) is 31.6 Å². The number of hydrogen-bond acceptors (Lipinski definition) is 7. The second-order valence-electron chi connectivity index (χ2n) is 7.13. The monoisotopic (exact) mass is 372 g/mol. The first kappa shape index (κ1) is 18.6. The Balaban J connectivity index is 1.51. The molecule has 2 fully saturated rings. The van der Waals surface area contributed by atoms with Gasteiger partial charge >= 0.3 is 0 Å². The number of rotatable bonds is 4. The third-order valence-corrected chi connectivity index (χ3v) is 6.28. The third-order valence-electron chi connectivity index (χ3n) is 5.28. The molecule has 1 saturated heterocycles.